The standard InChI is InChI=1S/C11H12ClN3S/c1-15(2)11(16)13-10(14-15)7-8-3-5-9(12)6-4-8/h3-6H,7H2,1-2H3/p+1. The maximum atomic E-state index is 5.83. The highest BCUT2D eigenvalue weighted by molar-refractivity contribution is 7.80. The van der Waals surface area contributed by atoms with Gasteiger partial charge in [0, 0.05) is 23.7 Å². The molecule has 0 atom stereocenters. The molecular weight excluding hydrogens is 242 g/mol. The summed E-state index contributed by atoms with van der Waals surface area (Å²) in [6, 6.07) is 7.75. The van der Waals surface area contributed by atoms with E-state index < -0.39 is 0 Å². The highest BCUT2D eigenvalue weighted by Gasteiger charge is 2.31. The van der Waals surface area contributed by atoms with Crippen LogP contribution in [0.2, 0.25) is 5.02 Å². The lowest BCUT2D eigenvalue weighted by molar-refractivity contribution is -0.801. The van der Waals surface area contributed by atoms with Crippen LogP contribution in [0.3, 0.4) is 0 Å². The molecule has 0 saturated heterocycles. The third-order valence-electron chi connectivity index (χ3n) is 2.40. The monoisotopic (exact) mass is 254 g/mol. The lowest BCUT2D eigenvalue weighted by Crippen LogP contribution is -2.40. The van der Waals surface area contributed by atoms with E-state index in [0.717, 1.165) is 22.4 Å². The molecule has 1 N–H and O–H groups in total. The number of halogens is 1. The molecule has 0 aromatic heterocycles. The molecule has 0 spiro atoms. The first-order chi connectivity index (χ1) is 7.47. The Morgan fingerprint density at radius 3 is 2.44 bits per heavy atom. The molecule has 3 nitrogen and oxygen atoms in total. The fourth-order valence-corrected chi connectivity index (χ4v) is 1.79. The van der Waals surface area contributed by atoms with E-state index in [9.17, 15) is 0 Å². The van der Waals surface area contributed by atoms with E-state index in [1.165, 1.54) is 5.56 Å². The third kappa shape index (κ3) is 2.40. The van der Waals surface area contributed by atoms with Crippen LogP contribution in [-0.4, -0.2) is 29.6 Å². The average molecular weight is 255 g/mol. The fraction of sp³-hybridized carbons (Fsp3) is 0.273. The number of quaternary nitrogens is 1. The van der Waals surface area contributed by atoms with Gasteiger partial charge in [-0.05, 0) is 17.7 Å². The first-order valence-electron chi connectivity index (χ1n) is 4.96. The second-order valence-electron chi connectivity index (χ2n) is 4.17. The molecule has 2 rings (SSSR count). The fourth-order valence-electron chi connectivity index (χ4n) is 1.51. The zero-order chi connectivity index (χ0) is 11.8. The Kier molecular flexibility index (Phi) is 2.97. The van der Waals surface area contributed by atoms with Gasteiger partial charge in [0.25, 0.3) is 0 Å². The average Bonchev–Trinajstić information content (AvgIpc) is 2.44. The second-order valence-corrected chi connectivity index (χ2v) is 5.00. The topological polar surface area (TPSA) is 24.4 Å². The van der Waals surface area contributed by atoms with E-state index >= 15 is 0 Å². The van der Waals surface area contributed by atoms with E-state index in [1.807, 2.05) is 38.4 Å². The van der Waals surface area contributed by atoms with E-state index in [1.54, 1.807) is 0 Å². The molecule has 0 bridgehead atoms. The normalized spacial score (nSPS) is 18.2. The molecule has 16 heavy (non-hydrogen) atoms. The minimum Gasteiger partial charge on any atom is -0.282 e. The van der Waals surface area contributed by atoms with Crippen molar-refractivity contribution >= 4 is 34.8 Å². The summed E-state index contributed by atoms with van der Waals surface area (Å²) in [5, 5.41) is 9.09. The van der Waals surface area contributed by atoms with Gasteiger partial charge >= 0.3 is 5.11 Å². The van der Waals surface area contributed by atoms with E-state index in [0.29, 0.717) is 4.59 Å². The summed E-state index contributed by atoms with van der Waals surface area (Å²) in [5.41, 5.74) is 1.17. The zero-order valence-electron chi connectivity index (χ0n) is 9.20. The molecule has 1 aliphatic heterocycles. The largest absolute Gasteiger partial charge is 0.301 e. The van der Waals surface area contributed by atoms with Crippen LogP contribution in [0.4, 0.5) is 0 Å². The Labute approximate surface area is 105 Å². The van der Waals surface area contributed by atoms with Crippen molar-refractivity contribution in [2.75, 3.05) is 14.1 Å². The quantitative estimate of drug-likeness (QED) is 0.646. The van der Waals surface area contributed by atoms with Crippen molar-refractivity contribution in [3.63, 3.8) is 0 Å². The minimum atomic E-state index is 0.373. The molecule has 1 aromatic carbocycles. The Morgan fingerprint density at radius 1 is 1.31 bits per heavy atom. The summed E-state index contributed by atoms with van der Waals surface area (Å²) in [6.45, 7) is 0. The molecule has 0 amide bonds. The van der Waals surface area contributed by atoms with Gasteiger partial charge in [0.2, 0.25) is 0 Å². The predicted octanol–water partition coefficient (Wildman–Crippen LogP) is 2.16. The summed E-state index contributed by atoms with van der Waals surface area (Å²) < 4.78 is 0.373. The summed E-state index contributed by atoms with van der Waals surface area (Å²) in [7, 11) is 3.90. The van der Waals surface area contributed by atoms with Crippen LogP contribution < -0.4 is 5.32 Å². The maximum absolute atomic E-state index is 5.83. The van der Waals surface area contributed by atoms with Gasteiger partial charge in [0.1, 0.15) is 14.1 Å². The Bertz CT molecular complexity index is 451. The van der Waals surface area contributed by atoms with Crippen LogP contribution in [0.15, 0.2) is 29.4 Å². The zero-order valence-corrected chi connectivity index (χ0v) is 10.8. The van der Waals surface area contributed by atoms with Crippen LogP contribution in [0, 0.1) is 0 Å². The molecule has 84 valence electrons. The van der Waals surface area contributed by atoms with Crippen LogP contribution >= 0.6 is 23.8 Å². The van der Waals surface area contributed by atoms with Gasteiger partial charge in [0.15, 0.2) is 5.84 Å². The summed E-state index contributed by atoms with van der Waals surface area (Å²) in [4.78, 5) is 0. The third-order valence-corrected chi connectivity index (χ3v) is 3.20. The first kappa shape index (κ1) is 11.5. The van der Waals surface area contributed by atoms with Gasteiger partial charge in [0.05, 0.1) is 0 Å². The SMILES string of the molecule is C[N+]1(C)N=C(Cc2ccc(Cl)cc2)NC1=S. The summed E-state index contributed by atoms with van der Waals surface area (Å²) >= 11 is 11.0. The van der Waals surface area contributed by atoms with E-state index in [2.05, 4.69) is 10.4 Å². The highest BCUT2D eigenvalue weighted by Crippen LogP contribution is 2.13. The van der Waals surface area contributed by atoms with Crippen molar-refractivity contribution in [2.24, 2.45) is 5.10 Å². The molecule has 0 unspecified atom stereocenters. The molecule has 1 aliphatic rings. The maximum Gasteiger partial charge on any atom is 0.301 e. The summed E-state index contributed by atoms with van der Waals surface area (Å²) in [5.74, 6) is 0.900. The van der Waals surface area contributed by atoms with Crippen molar-refractivity contribution in [3.05, 3.63) is 34.9 Å². The minimum absolute atomic E-state index is 0.373. The molecule has 5 heteroatoms. The highest BCUT2D eigenvalue weighted by atomic mass is 35.5. The Hall–Kier alpha value is -0.970. The van der Waals surface area contributed by atoms with E-state index in [-0.39, 0.29) is 0 Å². The summed E-state index contributed by atoms with van der Waals surface area (Å²) in [6.07, 6.45) is 0.749. The van der Waals surface area contributed by atoms with Crippen LogP contribution in [0.5, 0.6) is 0 Å². The van der Waals surface area contributed by atoms with Crippen molar-refractivity contribution in [3.8, 4) is 0 Å². The molecule has 1 aromatic rings. The number of thiocarbonyl (C=S) groups is 1. The van der Waals surface area contributed by atoms with Gasteiger partial charge in [-0.2, -0.15) is 0 Å². The number of nitrogens with one attached hydrogen (secondary N) is 1. The van der Waals surface area contributed by atoms with Gasteiger partial charge in [-0.15, -0.1) is 4.59 Å². The molecule has 0 fully saturated rings. The van der Waals surface area contributed by atoms with Crippen molar-refractivity contribution in [1.82, 2.24) is 5.32 Å². The molecule has 0 aliphatic carbocycles. The van der Waals surface area contributed by atoms with Gasteiger partial charge in [-0.3, -0.25) is 5.32 Å². The van der Waals surface area contributed by atoms with E-state index in [4.69, 9.17) is 23.8 Å². The van der Waals surface area contributed by atoms with Crippen LogP contribution in [-0.2, 0) is 6.42 Å². The number of nitrogens with zero attached hydrogens (tertiary/aromatic N) is 2. The predicted molar refractivity (Wildman–Crippen MR) is 70.4 cm³/mol. The van der Waals surface area contributed by atoms with Gasteiger partial charge < -0.3 is 0 Å². The Balaban J connectivity index is 2.12. The number of rotatable bonds is 2. The van der Waals surface area contributed by atoms with Crippen molar-refractivity contribution in [2.45, 2.75) is 6.42 Å². The molecule has 0 saturated carbocycles. The van der Waals surface area contributed by atoms with Gasteiger partial charge in [-0.25, -0.2) is 0 Å². The number of hydrogen-bond donors (Lipinski definition) is 1. The van der Waals surface area contributed by atoms with Crippen LogP contribution in [0.1, 0.15) is 5.56 Å². The lowest BCUT2D eigenvalue weighted by Gasteiger charge is -2.13. The second kappa shape index (κ2) is 4.13. The number of hydrogen-bond acceptors (Lipinski definition) is 2. The first-order valence-corrected chi connectivity index (χ1v) is 5.75. The van der Waals surface area contributed by atoms with Crippen molar-refractivity contribution < 1.29 is 4.59 Å². The number of amidine groups is 1. The Morgan fingerprint density at radius 2 is 1.94 bits per heavy atom. The lowest BCUT2D eigenvalue weighted by atomic mass is 10.1. The molecule has 1 heterocycles. The van der Waals surface area contributed by atoms with Crippen molar-refractivity contribution in [1.29, 1.82) is 0 Å². The van der Waals surface area contributed by atoms with Gasteiger partial charge in [-0.1, -0.05) is 28.8 Å². The number of benzene rings is 1. The molecular formula is C11H13ClN3S+. The van der Waals surface area contributed by atoms with Crippen LogP contribution in [0.25, 0.3) is 0 Å². The molecule has 0 radical (unpaired) electrons. The smallest absolute Gasteiger partial charge is 0.282 e.